The van der Waals surface area contributed by atoms with Crippen LogP contribution in [-0.4, -0.2) is 12.6 Å². The van der Waals surface area contributed by atoms with Gasteiger partial charge in [-0.2, -0.15) is 13.2 Å². The second-order valence-corrected chi connectivity index (χ2v) is 5.73. The van der Waals surface area contributed by atoms with Crippen molar-refractivity contribution < 1.29 is 13.2 Å². The topological polar surface area (TPSA) is 29.3 Å². The van der Waals surface area contributed by atoms with E-state index in [0.717, 1.165) is 6.54 Å². The summed E-state index contributed by atoms with van der Waals surface area (Å²) in [7, 11) is 0. The zero-order valence-corrected chi connectivity index (χ0v) is 11.9. The molecule has 0 aliphatic heterocycles. The van der Waals surface area contributed by atoms with E-state index in [1.165, 1.54) is 25.0 Å². The molecule has 0 spiro atoms. The average molecular weight is 286 g/mol. The highest BCUT2D eigenvalue weighted by Gasteiger charge is 2.34. The third-order valence-corrected chi connectivity index (χ3v) is 3.73. The Morgan fingerprint density at radius 2 is 1.95 bits per heavy atom. The lowest BCUT2D eigenvalue weighted by Crippen LogP contribution is -2.33. The van der Waals surface area contributed by atoms with Crippen molar-refractivity contribution in [2.24, 2.45) is 11.7 Å². The molecular weight excluding hydrogens is 265 g/mol. The lowest BCUT2D eigenvalue weighted by atomic mass is 10.0. The second kappa shape index (κ2) is 5.64. The molecule has 0 aromatic heterocycles. The van der Waals surface area contributed by atoms with Gasteiger partial charge in [-0.3, -0.25) is 0 Å². The molecule has 0 saturated heterocycles. The molecule has 2 N–H and O–H groups in total. The Balaban J connectivity index is 2.34. The van der Waals surface area contributed by atoms with Crippen molar-refractivity contribution in [2.75, 3.05) is 11.4 Å². The Morgan fingerprint density at radius 1 is 1.30 bits per heavy atom. The first-order valence-corrected chi connectivity index (χ1v) is 6.99. The van der Waals surface area contributed by atoms with E-state index in [1.807, 2.05) is 18.7 Å². The van der Waals surface area contributed by atoms with Gasteiger partial charge in [-0.05, 0) is 50.3 Å². The van der Waals surface area contributed by atoms with Crippen molar-refractivity contribution in [2.45, 2.75) is 45.5 Å². The zero-order chi connectivity index (χ0) is 14.9. The number of benzene rings is 1. The molecule has 1 aliphatic rings. The summed E-state index contributed by atoms with van der Waals surface area (Å²) in [5.41, 5.74) is 5.58. The third kappa shape index (κ3) is 3.45. The number of rotatable bonds is 5. The van der Waals surface area contributed by atoms with E-state index in [2.05, 4.69) is 0 Å². The first kappa shape index (κ1) is 15.2. The number of halogens is 3. The van der Waals surface area contributed by atoms with E-state index in [0.29, 0.717) is 11.6 Å². The number of hydrogen-bond donors (Lipinski definition) is 1. The van der Waals surface area contributed by atoms with Crippen molar-refractivity contribution in [1.82, 2.24) is 0 Å². The van der Waals surface area contributed by atoms with Gasteiger partial charge in [0.25, 0.3) is 0 Å². The van der Waals surface area contributed by atoms with Crippen LogP contribution < -0.4 is 10.6 Å². The Hall–Kier alpha value is -1.23. The number of anilines is 1. The van der Waals surface area contributed by atoms with Crippen molar-refractivity contribution >= 4 is 5.69 Å². The second-order valence-electron chi connectivity index (χ2n) is 5.73. The maximum Gasteiger partial charge on any atom is 0.416 e. The van der Waals surface area contributed by atoms with E-state index < -0.39 is 11.7 Å². The van der Waals surface area contributed by atoms with Crippen molar-refractivity contribution in [3.05, 3.63) is 29.3 Å². The summed E-state index contributed by atoms with van der Waals surface area (Å²) in [6, 6.07) is 4.67. The van der Waals surface area contributed by atoms with Gasteiger partial charge < -0.3 is 10.6 Å². The minimum absolute atomic E-state index is 0.0978. The minimum atomic E-state index is -4.35. The fourth-order valence-electron chi connectivity index (χ4n) is 2.38. The molecular formula is C15H21F3N2. The molecule has 1 aromatic rings. The van der Waals surface area contributed by atoms with Crippen LogP contribution >= 0.6 is 0 Å². The van der Waals surface area contributed by atoms with Gasteiger partial charge in [-0.1, -0.05) is 6.07 Å². The first-order chi connectivity index (χ1) is 9.32. The number of alkyl halides is 3. The molecule has 2 nitrogen and oxygen atoms in total. The first-order valence-electron chi connectivity index (χ1n) is 6.99. The van der Waals surface area contributed by atoms with E-state index in [1.54, 1.807) is 6.07 Å². The van der Waals surface area contributed by atoms with Gasteiger partial charge in [0.15, 0.2) is 0 Å². The van der Waals surface area contributed by atoms with Crippen LogP contribution in [0.15, 0.2) is 18.2 Å². The summed E-state index contributed by atoms with van der Waals surface area (Å²) in [5.74, 6) is 0.626. The molecule has 2 rings (SSSR count). The monoisotopic (exact) mass is 286 g/mol. The Morgan fingerprint density at radius 3 is 2.40 bits per heavy atom. The summed E-state index contributed by atoms with van der Waals surface area (Å²) >= 11 is 0. The van der Waals surface area contributed by atoms with Crippen LogP contribution in [-0.2, 0) is 12.7 Å². The predicted molar refractivity (Wildman–Crippen MR) is 74.5 cm³/mol. The number of nitrogens with two attached hydrogens (primary N) is 1. The molecule has 1 aromatic carbocycles. The molecule has 1 saturated carbocycles. The predicted octanol–water partition coefficient (Wildman–Crippen LogP) is 3.79. The van der Waals surface area contributed by atoms with Crippen LogP contribution in [0, 0.1) is 5.92 Å². The van der Waals surface area contributed by atoms with Crippen LogP contribution in [0.5, 0.6) is 0 Å². The SMILES string of the molecule is CC(C)N(CC1CC1)c1ccc(CN)c(C(F)(F)F)c1. The zero-order valence-electron chi connectivity index (χ0n) is 11.9. The van der Waals surface area contributed by atoms with Crippen LogP contribution in [0.1, 0.15) is 37.8 Å². The minimum Gasteiger partial charge on any atom is -0.369 e. The summed E-state index contributed by atoms with van der Waals surface area (Å²) < 4.78 is 39.2. The van der Waals surface area contributed by atoms with Crippen molar-refractivity contribution in [1.29, 1.82) is 0 Å². The quantitative estimate of drug-likeness (QED) is 0.892. The normalized spacial score (nSPS) is 15.8. The van der Waals surface area contributed by atoms with Crippen LogP contribution in [0.2, 0.25) is 0 Å². The van der Waals surface area contributed by atoms with Gasteiger partial charge in [0.1, 0.15) is 0 Å². The highest BCUT2D eigenvalue weighted by Crippen LogP contribution is 2.37. The van der Waals surface area contributed by atoms with Gasteiger partial charge in [-0.25, -0.2) is 0 Å². The Kier molecular flexibility index (Phi) is 4.28. The molecule has 0 amide bonds. The summed E-state index contributed by atoms with van der Waals surface area (Å²) in [4.78, 5) is 2.05. The molecule has 0 atom stereocenters. The van der Waals surface area contributed by atoms with E-state index >= 15 is 0 Å². The number of nitrogens with zero attached hydrogens (tertiary/aromatic N) is 1. The van der Waals surface area contributed by atoms with Gasteiger partial charge >= 0.3 is 6.18 Å². The summed E-state index contributed by atoms with van der Waals surface area (Å²) in [6.45, 7) is 4.75. The Bertz CT molecular complexity index is 465. The standard InChI is InChI=1S/C15H21F3N2/c1-10(2)20(9-11-3-4-11)13-6-5-12(8-19)14(7-13)15(16,17)18/h5-7,10-11H,3-4,8-9,19H2,1-2H3. The van der Waals surface area contributed by atoms with Gasteiger partial charge in [0.05, 0.1) is 5.56 Å². The van der Waals surface area contributed by atoms with Gasteiger partial charge in [0.2, 0.25) is 0 Å². The van der Waals surface area contributed by atoms with E-state index in [-0.39, 0.29) is 18.2 Å². The van der Waals surface area contributed by atoms with Gasteiger partial charge in [0, 0.05) is 24.8 Å². The molecule has 1 aliphatic carbocycles. The molecule has 0 heterocycles. The van der Waals surface area contributed by atoms with Crippen LogP contribution in [0.4, 0.5) is 18.9 Å². The highest BCUT2D eigenvalue weighted by atomic mass is 19.4. The fourth-order valence-corrected chi connectivity index (χ4v) is 2.38. The van der Waals surface area contributed by atoms with E-state index in [9.17, 15) is 13.2 Å². The molecule has 112 valence electrons. The lowest BCUT2D eigenvalue weighted by molar-refractivity contribution is -0.138. The molecule has 1 fully saturated rings. The Labute approximate surface area is 117 Å². The third-order valence-electron chi connectivity index (χ3n) is 3.73. The van der Waals surface area contributed by atoms with Crippen molar-refractivity contribution in [3.63, 3.8) is 0 Å². The smallest absolute Gasteiger partial charge is 0.369 e. The molecule has 0 bridgehead atoms. The van der Waals surface area contributed by atoms with Crippen molar-refractivity contribution in [3.8, 4) is 0 Å². The largest absolute Gasteiger partial charge is 0.416 e. The maximum atomic E-state index is 13.1. The summed E-state index contributed by atoms with van der Waals surface area (Å²) in [5, 5.41) is 0. The molecule has 0 unspecified atom stereocenters. The van der Waals surface area contributed by atoms with Crippen LogP contribution in [0.25, 0.3) is 0 Å². The average Bonchev–Trinajstić information content (AvgIpc) is 3.17. The highest BCUT2D eigenvalue weighted by molar-refractivity contribution is 5.52. The summed E-state index contributed by atoms with van der Waals surface area (Å²) in [6.07, 6.45) is -2.00. The van der Waals surface area contributed by atoms with E-state index in [4.69, 9.17) is 5.73 Å². The molecule has 20 heavy (non-hydrogen) atoms. The van der Waals surface area contributed by atoms with Gasteiger partial charge in [-0.15, -0.1) is 0 Å². The fraction of sp³-hybridized carbons (Fsp3) is 0.600. The molecule has 5 heteroatoms. The molecule has 0 radical (unpaired) electrons. The number of hydrogen-bond acceptors (Lipinski definition) is 2. The maximum absolute atomic E-state index is 13.1. The lowest BCUT2D eigenvalue weighted by Gasteiger charge is -2.30. The van der Waals surface area contributed by atoms with Crippen LogP contribution in [0.3, 0.4) is 0 Å².